The maximum Gasteiger partial charge on any atom is 0.275 e. The van der Waals surface area contributed by atoms with E-state index in [1.54, 1.807) is 27.7 Å². The van der Waals surface area contributed by atoms with E-state index in [9.17, 15) is 8.78 Å². The van der Waals surface area contributed by atoms with Gasteiger partial charge in [-0.2, -0.15) is 0 Å². The average Bonchev–Trinajstić information content (AvgIpc) is 2.13. The van der Waals surface area contributed by atoms with E-state index in [4.69, 9.17) is 10.5 Å². The fourth-order valence-electron chi connectivity index (χ4n) is 2.16. The number of alkyl halides is 2. The van der Waals surface area contributed by atoms with Crippen molar-refractivity contribution in [2.24, 2.45) is 5.73 Å². The lowest BCUT2D eigenvalue weighted by atomic mass is 9.91. The second-order valence-electron chi connectivity index (χ2n) is 5.51. The Kier molecular flexibility index (Phi) is 4.01. The summed E-state index contributed by atoms with van der Waals surface area (Å²) < 4.78 is 33.4. The number of benzene rings is 1. The summed E-state index contributed by atoms with van der Waals surface area (Å²) in [6.07, 6.45) is -0.384. The predicted octanol–water partition coefficient (Wildman–Crippen LogP) is 3.53. The van der Waals surface area contributed by atoms with Gasteiger partial charge < -0.3 is 10.5 Å². The summed E-state index contributed by atoms with van der Waals surface area (Å²) >= 11 is 0. The molecule has 0 amide bonds. The number of ether oxygens (including phenoxy) is 1. The van der Waals surface area contributed by atoms with Gasteiger partial charge in [-0.1, -0.05) is 0 Å². The zero-order valence-corrected chi connectivity index (χ0v) is 11.6. The van der Waals surface area contributed by atoms with Crippen molar-refractivity contribution in [2.45, 2.75) is 45.6 Å². The molecule has 18 heavy (non-hydrogen) atoms. The van der Waals surface area contributed by atoms with Crippen LogP contribution in [0.1, 0.15) is 37.0 Å². The molecule has 102 valence electrons. The number of rotatable bonds is 4. The Hall–Kier alpha value is -1.16. The molecular weight excluding hydrogens is 236 g/mol. The van der Waals surface area contributed by atoms with Crippen LogP contribution < -0.4 is 10.5 Å². The molecule has 0 bridgehead atoms. The van der Waals surface area contributed by atoms with E-state index in [1.165, 1.54) is 19.2 Å². The highest BCUT2D eigenvalue weighted by molar-refractivity contribution is 5.44. The molecule has 0 radical (unpaired) electrons. The highest BCUT2D eigenvalue weighted by Crippen LogP contribution is 2.38. The van der Waals surface area contributed by atoms with E-state index in [0.29, 0.717) is 16.9 Å². The van der Waals surface area contributed by atoms with Gasteiger partial charge in [-0.05, 0) is 51.0 Å². The van der Waals surface area contributed by atoms with E-state index in [-0.39, 0.29) is 12.0 Å². The maximum absolute atomic E-state index is 14.1. The third-order valence-electron chi connectivity index (χ3n) is 2.76. The van der Waals surface area contributed by atoms with Crippen LogP contribution in [-0.2, 0) is 5.92 Å². The first-order valence-electron chi connectivity index (χ1n) is 5.89. The first kappa shape index (κ1) is 14.9. The molecule has 0 aliphatic carbocycles. The van der Waals surface area contributed by atoms with E-state index in [2.05, 4.69) is 0 Å². The van der Waals surface area contributed by atoms with E-state index >= 15 is 0 Å². The highest BCUT2D eigenvalue weighted by atomic mass is 19.3. The molecule has 0 saturated carbocycles. The Balaban J connectivity index is 3.18. The van der Waals surface area contributed by atoms with Crippen LogP contribution in [0, 0.1) is 13.8 Å². The molecule has 2 nitrogen and oxygen atoms in total. The van der Waals surface area contributed by atoms with Crippen LogP contribution in [0.15, 0.2) is 12.1 Å². The average molecular weight is 257 g/mol. The molecular formula is C14H21F2NO. The predicted molar refractivity (Wildman–Crippen MR) is 69.2 cm³/mol. The smallest absolute Gasteiger partial charge is 0.275 e. The molecule has 1 rings (SSSR count). The third kappa shape index (κ3) is 3.42. The van der Waals surface area contributed by atoms with Gasteiger partial charge >= 0.3 is 0 Å². The van der Waals surface area contributed by atoms with Crippen molar-refractivity contribution >= 4 is 0 Å². The van der Waals surface area contributed by atoms with Crippen molar-refractivity contribution in [3.05, 3.63) is 28.8 Å². The van der Waals surface area contributed by atoms with Gasteiger partial charge in [0.15, 0.2) is 0 Å². The summed E-state index contributed by atoms with van der Waals surface area (Å²) in [5.74, 6) is -2.28. The molecule has 1 aromatic rings. The van der Waals surface area contributed by atoms with Gasteiger partial charge in [0.1, 0.15) is 5.75 Å². The number of nitrogens with two attached hydrogens (primary N) is 1. The Morgan fingerprint density at radius 3 is 1.94 bits per heavy atom. The van der Waals surface area contributed by atoms with Crippen molar-refractivity contribution in [2.75, 3.05) is 7.11 Å². The van der Waals surface area contributed by atoms with Crippen molar-refractivity contribution < 1.29 is 13.5 Å². The van der Waals surface area contributed by atoms with Gasteiger partial charge in [-0.15, -0.1) is 0 Å². The van der Waals surface area contributed by atoms with Gasteiger partial charge in [0.05, 0.1) is 7.11 Å². The van der Waals surface area contributed by atoms with E-state index in [1.807, 2.05) is 0 Å². The van der Waals surface area contributed by atoms with Crippen molar-refractivity contribution in [1.82, 2.24) is 0 Å². The minimum atomic E-state index is -2.93. The van der Waals surface area contributed by atoms with Gasteiger partial charge in [0.25, 0.3) is 5.92 Å². The van der Waals surface area contributed by atoms with Crippen LogP contribution in [0.5, 0.6) is 5.75 Å². The van der Waals surface area contributed by atoms with Crippen LogP contribution in [0.25, 0.3) is 0 Å². The van der Waals surface area contributed by atoms with Crippen LogP contribution in [0.4, 0.5) is 8.78 Å². The zero-order valence-electron chi connectivity index (χ0n) is 11.6. The summed E-state index contributed by atoms with van der Waals surface area (Å²) in [5, 5.41) is 0. The molecule has 0 atom stereocenters. The molecule has 0 aliphatic rings. The minimum Gasteiger partial charge on any atom is -0.496 e. The molecule has 4 heteroatoms. The second kappa shape index (κ2) is 4.84. The Morgan fingerprint density at radius 1 is 1.17 bits per heavy atom. The summed E-state index contributed by atoms with van der Waals surface area (Å²) in [4.78, 5) is 0. The molecule has 0 heterocycles. The molecule has 0 aromatic heterocycles. The van der Waals surface area contributed by atoms with Crippen LogP contribution in [0.3, 0.4) is 0 Å². The number of halogens is 2. The Bertz CT molecular complexity index is 413. The fraction of sp³-hybridized carbons (Fsp3) is 0.571. The molecule has 1 aromatic carbocycles. The molecule has 0 spiro atoms. The highest BCUT2D eigenvalue weighted by Gasteiger charge is 2.37. The fourth-order valence-corrected chi connectivity index (χ4v) is 2.16. The normalized spacial score (nSPS) is 12.7. The molecule has 0 unspecified atom stereocenters. The lowest BCUT2D eigenvalue weighted by molar-refractivity contribution is -0.0297. The van der Waals surface area contributed by atoms with E-state index in [0.717, 1.165) is 0 Å². The van der Waals surface area contributed by atoms with Crippen molar-refractivity contribution in [3.8, 4) is 5.75 Å². The first-order valence-corrected chi connectivity index (χ1v) is 5.89. The molecule has 0 fully saturated rings. The molecule has 0 saturated heterocycles. The van der Waals surface area contributed by atoms with Gasteiger partial charge in [-0.25, -0.2) is 8.78 Å². The van der Waals surface area contributed by atoms with Crippen LogP contribution in [-0.4, -0.2) is 12.6 Å². The Labute approximate surface area is 107 Å². The number of hydrogen-bond acceptors (Lipinski definition) is 2. The summed E-state index contributed by atoms with van der Waals surface area (Å²) in [6.45, 7) is 6.73. The van der Waals surface area contributed by atoms with Crippen molar-refractivity contribution in [1.29, 1.82) is 0 Å². The number of methoxy groups -OCH3 is 1. The second-order valence-corrected chi connectivity index (χ2v) is 5.51. The quantitative estimate of drug-likeness (QED) is 0.895. The van der Waals surface area contributed by atoms with Crippen LogP contribution >= 0.6 is 0 Å². The minimum absolute atomic E-state index is 0.00294. The van der Waals surface area contributed by atoms with Crippen molar-refractivity contribution in [3.63, 3.8) is 0 Å². The van der Waals surface area contributed by atoms with E-state index < -0.39 is 11.5 Å². The summed E-state index contributed by atoms with van der Waals surface area (Å²) in [5.41, 5.74) is 6.19. The monoisotopic (exact) mass is 257 g/mol. The summed E-state index contributed by atoms with van der Waals surface area (Å²) in [6, 6.07) is 2.94. The van der Waals surface area contributed by atoms with Gasteiger partial charge in [0, 0.05) is 17.5 Å². The molecule has 2 N–H and O–H groups in total. The Morgan fingerprint density at radius 2 is 1.61 bits per heavy atom. The lowest BCUT2D eigenvalue weighted by Crippen LogP contribution is -2.38. The topological polar surface area (TPSA) is 35.2 Å². The summed E-state index contributed by atoms with van der Waals surface area (Å²) in [7, 11) is 1.54. The number of aryl methyl sites for hydroxylation is 2. The third-order valence-corrected chi connectivity index (χ3v) is 2.76. The molecule has 0 aliphatic heterocycles. The standard InChI is InChI=1S/C14H21F2NO/c1-9-6-11(7-10(2)12(9)18-5)14(15,16)8-13(3,4)17/h6-7H,8,17H2,1-5H3. The van der Waals surface area contributed by atoms with Gasteiger partial charge in [0.2, 0.25) is 0 Å². The lowest BCUT2D eigenvalue weighted by Gasteiger charge is -2.26. The largest absolute Gasteiger partial charge is 0.496 e. The maximum atomic E-state index is 14.1. The van der Waals surface area contributed by atoms with Crippen LogP contribution in [0.2, 0.25) is 0 Å². The SMILES string of the molecule is COc1c(C)cc(C(F)(F)CC(C)(C)N)cc1C. The van der Waals surface area contributed by atoms with Gasteiger partial charge in [-0.3, -0.25) is 0 Å². The number of hydrogen-bond donors (Lipinski definition) is 1. The first-order chi connectivity index (χ1) is 8.07. The zero-order chi connectivity index (χ0) is 14.1.